The lowest BCUT2D eigenvalue weighted by Crippen LogP contribution is -2.13. The Bertz CT molecular complexity index is 334. The number of anilines is 1. The summed E-state index contributed by atoms with van der Waals surface area (Å²) in [6, 6.07) is 5.73. The molecule has 2 nitrogen and oxygen atoms in total. The lowest BCUT2D eigenvalue weighted by atomic mass is 10.1. The van der Waals surface area contributed by atoms with Crippen molar-refractivity contribution in [3.63, 3.8) is 0 Å². The predicted molar refractivity (Wildman–Crippen MR) is 58.5 cm³/mol. The highest BCUT2D eigenvalue weighted by molar-refractivity contribution is 9.10. The van der Waals surface area contributed by atoms with Crippen LogP contribution < -0.4 is 4.90 Å². The molecule has 13 heavy (non-hydrogen) atoms. The van der Waals surface area contributed by atoms with Gasteiger partial charge in [-0.25, -0.2) is 0 Å². The van der Waals surface area contributed by atoms with Crippen LogP contribution in [0.15, 0.2) is 22.7 Å². The van der Waals surface area contributed by atoms with E-state index in [1.165, 1.54) is 0 Å². The molecule has 1 aromatic carbocycles. The first-order chi connectivity index (χ1) is 6.04. The van der Waals surface area contributed by atoms with Crippen LogP contribution >= 0.6 is 15.9 Å². The third kappa shape index (κ3) is 2.10. The van der Waals surface area contributed by atoms with Gasteiger partial charge in [0.15, 0.2) is 5.78 Å². The van der Waals surface area contributed by atoms with Crippen molar-refractivity contribution in [1.29, 1.82) is 0 Å². The molecule has 0 spiro atoms. The molecule has 1 aromatic rings. The highest BCUT2D eigenvalue weighted by atomic mass is 79.9. The van der Waals surface area contributed by atoms with E-state index < -0.39 is 0 Å². The second-order valence-corrected chi connectivity index (χ2v) is 3.94. The average molecular weight is 242 g/mol. The zero-order valence-corrected chi connectivity index (χ0v) is 9.55. The van der Waals surface area contributed by atoms with Crippen molar-refractivity contribution in [2.24, 2.45) is 0 Å². The van der Waals surface area contributed by atoms with E-state index >= 15 is 0 Å². The maximum atomic E-state index is 11.3. The molecule has 0 unspecified atom stereocenters. The molecule has 0 heterocycles. The number of benzene rings is 1. The number of hydrogen-bond acceptors (Lipinski definition) is 2. The van der Waals surface area contributed by atoms with Gasteiger partial charge in [-0.3, -0.25) is 4.79 Å². The first-order valence-electron chi connectivity index (χ1n) is 4.01. The van der Waals surface area contributed by atoms with E-state index in [-0.39, 0.29) is 5.78 Å². The maximum absolute atomic E-state index is 11.3. The minimum absolute atomic E-state index is 0.0798. The Hall–Kier alpha value is -0.830. The highest BCUT2D eigenvalue weighted by Gasteiger charge is 2.11. The molecule has 0 bridgehead atoms. The molecule has 0 N–H and O–H groups in total. The first-order valence-corrected chi connectivity index (χ1v) is 4.80. The first kappa shape index (κ1) is 10.3. The van der Waals surface area contributed by atoms with Crippen LogP contribution in [0.2, 0.25) is 0 Å². The number of carbonyl (C=O) groups excluding carboxylic acids is 1. The highest BCUT2D eigenvalue weighted by Crippen LogP contribution is 2.26. The summed E-state index contributed by atoms with van der Waals surface area (Å²) in [6.45, 7) is 1.58. The summed E-state index contributed by atoms with van der Waals surface area (Å²) in [5, 5.41) is 0. The summed E-state index contributed by atoms with van der Waals surface area (Å²) in [7, 11) is 3.85. The van der Waals surface area contributed by atoms with E-state index in [0.717, 1.165) is 15.7 Å². The van der Waals surface area contributed by atoms with E-state index in [1.54, 1.807) is 6.92 Å². The minimum Gasteiger partial charge on any atom is -0.377 e. The quantitative estimate of drug-likeness (QED) is 0.743. The number of Topliss-reactive ketones (excluding diaryl/α,β-unsaturated/α-hetero) is 1. The van der Waals surface area contributed by atoms with Crippen molar-refractivity contribution < 1.29 is 4.79 Å². The van der Waals surface area contributed by atoms with E-state index in [0.29, 0.717) is 0 Å². The van der Waals surface area contributed by atoms with Gasteiger partial charge in [0, 0.05) is 24.3 Å². The largest absolute Gasteiger partial charge is 0.377 e. The molecular formula is C10H12BrNO. The molecule has 0 amide bonds. The van der Waals surface area contributed by atoms with Crippen LogP contribution in [-0.4, -0.2) is 19.9 Å². The normalized spacial score (nSPS) is 9.85. The van der Waals surface area contributed by atoms with E-state index in [2.05, 4.69) is 15.9 Å². The minimum atomic E-state index is 0.0798. The molecule has 70 valence electrons. The molecule has 0 saturated heterocycles. The van der Waals surface area contributed by atoms with Gasteiger partial charge in [-0.15, -0.1) is 0 Å². The lowest BCUT2D eigenvalue weighted by molar-refractivity contribution is 0.101. The molecular weight excluding hydrogens is 230 g/mol. The third-order valence-electron chi connectivity index (χ3n) is 1.83. The maximum Gasteiger partial charge on any atom is 0.163 e. The number of ketones is 1. The van der Waals surface area contributed by atoms with Crippen LogP contribution in [0.4, 0.5) is 5.69 Å². The van der Waals surface area contributed by atoms with Gasteiger partial charge in [0.25, 0.3) is 0 Å². The average Bonchev–Trinajstić information content (AvgIpc) is 2.02. The Kier molecular flexibility index (Phi) is 3.09. The van der Waals surface area contributed by atoms with Crippen molar-refractivity contribution >= 4 is 27.4 Å². The summed E-state index contributed by atoms with van der Waals surface area (Å²) in [5.41, 5.74) is 1.69. The molecule has 0 atom stereocenters. The SMILES string of the molecule is CC(=O)c1c(Br)cccc1N(C)C. The Balaban J connectivity index is 3.34. The molecule has 0 aliphatic carbocycles. The predicted octanol–water partition coefficient (Wildman–Crippen LogP) is 2.72. The van der Waals surface area contributed by atoms with Gasteiger partial charge < -0.3 is 4.90 Å². The van der Waals surface area contributed by atoms with Crippen molar-refractivity contribution in [3.05, 3.63) is 28.2 Å². The molecule has 1 rings (SSSR count). The van der Waals surface area contributed by atoms with Crippen LogP contribution in [0.25, 0.3) is 0 Å². The Labute approximate surface area is 86.7 Å². The van der Waals surface area contributed by atoms with Gasteiger partial charge in [0.05, 0.1) is 5.56 Å². The fraction of sp³-hybridized carbons (Fsp3) is 0.300. The standard InChI is InChI=1S/C10H12BrNO/c1-7(13)10-8(11)5-4-6-9(10)12(2)3/h4-6H,1-3H3. The number of carbonyl (C=O) groups is 1. The van der Waals surface area contributed by atoms with Gasteiger partial charge in [0.2, 0.25) is 0 Å². The van der Waals surface area contributed by atoms with Crippen LogP contribution in [0, 0.1) is 0 Å². The van der Waals surface area contributed by atoms with Crippen LogP contribution in [0.1, 0.15) is 17.3 Å². The van der Waals surface area contributed by atoms with Gasteiger partial charge in [-0.2, -0.15) is 0 Å². The summed E-state index contributed by atoms with van der Waals surface area (Å²) >= 11 is 3.37. The molecule has 0 aliphatic rings. The summed E-state index contributed by atoms with van der Waals surface area (Å²) < 4.78 is 0.853. The van der Waals surface area contributed by atoms with E-state index in [1.807, 2.05) is 37.2 Å². The Morgan fingerprint density at radius 2 is 2.00 bits per heavy atom. The lowest BCUT2D eigenvalue weighted by Gasteiger charge is -2.16. The van der Waals surface area contributed by atoms with Crippen LogP contribution in [0.3, 0.4) is 0 Å². The smallest absolute Gasteiger partial charge is 0.163 e. The van der Waals surface area contributed by atoms with Crippen molar-refractivity contribution in [3.8, 4) is 0 Å². The third-order valence-corrected chi connectivity index (χ3v) is 2.49. The number of halogens is 1. The van der Waals surface area contributed by atoms with E-state index in [4.69, 9.17) is 0 Å². The van der Waals surface area contributed by atoms with Crippen molar-refractivity contribution in [2.45, 2.75) is 6.92 Å². The second kappa shape index (κ2) is 3.92. The molecule has 0 saturated carbocycles. The number of rotatable bonds is 2. The van der Waals surface area contributed by atoms with Gasteiger partial charge in [-0.05, 0) is 35.0 Å². The number of nitrogens with zero attached hydrogens (tertiary/aromatic N) is 1. The molecule has 0 aliphatic heterocycles. The van der Waals surface area contributed by atoms with Gasteiger partial charge >= 0.3 is 0 Å². The van der Waals surface area contributed by atoms with E-state index in [9.17, 15) is 4.79 Å². The van der Waals surface area contributed by atoms with Crippen molar-refractivity contribution in [1.82, 2.24) is 0 Å². The van der Waals surface area contributed by atoms with Gasteiger partial charge in [0.1, 0.15) is 0 Å². The Morgan fingerprint density at radius 1 is 1.38 bits per heavy atom. The molecule has 0 radical (unpaired) electrons. The molecule has 0 fully saturated rings. The fourth-order valence-corrected chi connectivity index (χ4v) is 1.87. The zero-order valence-electron chi connectivity index (χ0n) is 7.97. The second-order valence-electron chi connectivity index (χ2n) is 3.08. The molecule has 0 aromatic heterocycles. The van der Waals surface area contributed by atoms with Crippen LogP contribution in [0.5, 0.6) is 0 Å². The molecule has 3 heteroatoms. The summed E-state index contributed by atoms with van der Waals surface area (Å²) in [5.74, 6) is 0.0798. The van der Waals surface area contributed by atoms with Crippen molar-refractivity contribution in [2.75, 3.05) is 19.0 Å². The van der Waals surface area contributed by atoms with Crippen LogP contribution in [-0.2, 0) is 0 Å². The summed E-state index contributed by atoms with van der Waals surface area (Å²) in [4.78, 5) is 13.3. The van der Waals surface area contributed by atoms with Gasteiger partial charge in [-0.1, -0.05) is 6.07 Å². The monoisotopic (exact) mass is 241 g/mol. The Morgan fingerprint density at radius 3 is 2.38 bits per heavy atom. The summed E-state index contributed by atoms with van der Waals surface area (Å²) in [6.07, 6.45) is 0. The topological polar surface area (TPSA) is 20.3 Å². The zero-order chi connectivity index (χ0) is 10.0. The number of hydrogen-bond donors (Lipinski definition) is 0. The fourth-order valence-electron chi connectivity index (χ4n) is 1.23.